The molecule has 30 heavy (non-hydrogen) atoms. The van der Waals surface area contributed by atoms with Gasteiger partial charge in [-0.1, -0.05) is 42.5 Å². The van der Waals surface area contributed by atoms with Crippen LogP contribution in [0.4, 0.5) is 10.1 Å². The van der Waals surface area contributed by atoms with Gasteiger partial charge in [0.2, 0.25) is 5.91 Å². The number of carbonyl (C=O) groups is 2. The third-order valence-electron chi connectivity index (χ3n) is 5.00. The topological polar surface area (TPSA) is 88.0 Å². The van der Waals surface area contributed by atoms with Crippen LogP contribution in [-0.4, -0.2) is 22.7 Å². The Bertz CT molecular complexity index is 1230. The van der Waals surface area contributed by atoms with E-state index >= 15 is 0 Å². The van der Waals surface area contributed by atoms with Gasteiger partial charge in [0, 0.05) is 22.7 Å². The number of rotatable bonds is 6. The van der Waals surface area contributed by atoms with Gasteiger partial charge in [-0.25, -0.2) is 4.39 Å². The Morgan fingerprint density at radius 3 is 2.40 bits per heavy atom. The molecule has 150 valence electrons. The van der Waals surface area contributed by atoms with Gasteiger partial charge in [0.15, 0.2) is 5.78 Å². The number of nitrogens with two attached hydrogens (primary N) is 1. The Morgan fingerprint density at radius 2 is 1.60 bits per heavy atom. The van der Waals surface area contributed by atoms with Crippen molar-refractivity contribution >= 4 is 28.3 Å². The molecule has 0 fully saturated rings. The van der Waals surface area contributed by atoms with Gasteiger partial charge in [-0.05, 0) is 42.3 Å². The number of aromatic amines is 1. The molecule has 5 nitrogen and oxygen atoms in total. The molecular weight excluding hydrogens is 381 g/mol. The quantitative estimate of drug-likeness (QED) is 0.426. The smallest absolute Gasteiger partial charge is 0.241 e. The molecule has 4 N–H and O–H groups in total. The number of carbonyl (C=O) groups excluding carboxylic acids is 2. The number of para-hydroxylation sites is 2. The zero-order valence-corrected chi connectivity index (χ0v) is 16.1. The highest BCUT2D eigenvalue weighted by atomic mass is 19.1. The third-order valence-corrected chi connectivity index (χ3v) is 5.00. The standard InChI is InChI=1S/C24H20FN3O2/c25-19-10-4-1-8-17(19)23(29)18-9-3-6-12-22(18)28-24(30)20(26)13-15-14-27-21-11-5-2-7-16(15)21/h1-12,14,20,27H,13,26H2,(H,28,30)/t20-/m1/s1. The number of ketones is 1. The molecule has 0 aliphatic heterocycles. The van der Waals surface area contributed by atoms with E-state index in [1.54, 1.807) is 30.3 Å². The molecule has 1 amide bonds. The SMILES string of the molecule is N[C@H](Cc1c[nH]c2ccccc12)C(=O)Nc1ccccc1C(=O)c1ccccc1F. The summed E-state index contributed by atoms with van der Waals surface area (Å²) in [4.78, 5) is 28.7. The van der Waals surface area contributed by atoms with Crippen molar-refractivity contribution in [1.29, 1.82) is 0 Å². The summed E-state index contributed by atoms with van der Waals surface area (Å²) in [6.45, 7) is 0. The van der Waals surface area contributed by atoms with Gasteiger partial charge < -0.3 is 16.0 Å². The van der Waals surface area contributed by atoms with Crippen molar-refractivity contribution < 1.29 is 14.0 Å². The summed E-state index contributed by atoms with van der Waals surface area (Å²) in [6, 6.07) is 19.2. The van der Waals surface area contributed by atoms with Crippen LogP contribution in [0.1, 0.15) is 21.5 Å². The minimum absolute atomic E-state index is 0.0534. The van der Waals surface area contributed by atoms with Crippen LogP contribution < -0.4 is 11.1 Å². The highest BCUT2D eigenvalue weighted by molar-refractivity contribution is 6.14. The molecule has 0 spiro atoms. The minimum atomic E-state index is -0.819. The second-order valence-corrected chi connectivity index (χ2v) is 7.01. The van der Waals surface area contributed by atoms with Crippen molar-refractivity contribution in [3.05, 3.63) is 102 Å². The molecule has 1 aromatic heterocycles. The second kappa shape index (κ2) is 8.31. The van der Waals surface area contributed by atoms with Gasteiger partial charge in [0.05, 0.1) is 17.3 Å². The van der Waals surface area contributed by atoms with Crippen LogP contribution in [0.5, 0.6) is 0 Å². The van der Waals surface area contributed by atoms with Gasteiger partial charge in [0.25, 0.3) is 0 Å². The number of aromatic nitrogens is 1. The maximum absolute atomic E-state index is 14.1. The Labute approximate surface area is 172 Å². The number of H-pyrrole nitrogens is 1. The molecule has 1 heterocycles. The van der Waals surface area contributed by atoms with E-state index in [9.17, 15) is 14.0 Å². The number of halogens is 1. The Hall–Kier alpha value is -3.77. The molecule has 0 saturated heterocycles. The van der Waals surface area contributed by atoms with E-state index in [-0.39, 0.29) is 11.1 Å². The van der Waals surface area contributed by atoms with E-state index in [0.29, 0.717) is 12.1 Å². The van der Waals surface area contributed by atoms with Crippen LogP contribution in [-0.2, 0) is 11.2 Å². The van der Waals surface area contributed by atoms with Gasteiger partial charge in [-0.15, -0.1) is 0 Å². The first-order valence-corrected chi connectivity index (χ1v) is 9.54. The number of anilines is 1. The predicted molar refractivity (Wildman–Crippen MR) is 115 cm³/mol. The number of fused-ring (bicyclic) bond motifs is 1. The van der Waals surface area contributed by atoms with Crippen molar-refractivity contribution in [3.63, 3.8) is 0 Å². The summed E-state index contributed by atoms with van der Waals surface area (Å²) in [6.07, 6.45) is 2.17. The number of benzene rings is 3. The second-order valence-electron chi connectivity index (χ2n) is 7.01. The lowest BCUT2D eigenvalue weighted by molar-refractivity contribution is -0.117. The third kappa shape index (κ3) is 3.86. The molecule has 4 rings (SSSR count). The van der Waals surface area contributed by atoms with Crippen molar-refractivity contribution in [2.75, 3.05) is 5.32 Å². The molecule has 1 atom stereocenters. The van der Waals surface area contributed by atoms with Crippen molar-refractivity contribution in [1.82, 2.24) is 4.98 Å². The summed E-state index contributed by atoms with van der Waals surface area (Å²) < 4.78 is 14.1. The Kier molecular flexibility index (Phi) is 5.41. The molecule has 0 radical (unpaired) electrons. The summed E-state index contributed by atoms with van der Waals surface area (Å²) >= 11 is 0. The summed E-state index contributed by atoms with van der Waals surface area (Å²) in [5.41, 5.74) is 8.49. The molecule has 0 unspecified atom stereocenters. The molecule has 3 aromatic carbocycles. The van der Waals surface area contributed by atoms with Crippen LogP contribution in [0.2, 0.25) is 0 Å². The van der Waals surface area contributed by atoms with E-state index in [4.69, 9.17) is 5.73 Å². The zero-order chi connectivity index (χ0) is 21.1. The lowest BCUT2D eigenvalue weighted by Crippen LogP contribution is -2.37. The first-order valence-electron chi connectivity index (χ1n) is 9.54. The zero-order valence-electron chi connectivity index (χ0n) is 16.1. The predicted octanol–water partition coefficient (Wildman–Crippen LogP) is 4.05. The van der Waals surface area contributed by atoms with Gasteiger partial charge in [0.1, 0.15) is 5.82 Å². The fraction of sp³-hybridized carbons (Fsp3) is 0.0833. The van der Waals surface area contributed by atoms with Gasteiger partial charge >= 0.3 is 0 Å². The highest BCUT2D eigenvalue weighted by Crippen LogP contribution is 2.22. The van der Waals surface area contributed by atoms with E-state index in [1.807, 2.05) is 30.5 Å². The fourth-order valence-corrected chi connectivity index (χ4v) is 3.44. The number of nitrogens with one attached hydrogen (secondary N) is 2. The molecule has 0 aliphatic rings. The van der Waals surface area contributed by atoms with Gasteiger partial charge in [-0.3, -0.25) is 9.59 Å². The van der Waals surface area contributed by atoms with Crippen LogP contribution in [0, 0.1) is 5.82 Å². The average molecular weight is 401 g/mol. The van der Waals surface area contributed by atoms with E-state index in [2.05, 4.69) is 10.3 Å². The van der Waals surface area contributed by atoms with E-state index < -0.39 is 23.5 Å². The first kappa shape index (κ1) is 19.5. The van der Waals surface area contributed by atoms with Crippen LogP contribution in [0.15, 0.2) is 79.0 Å². The highest BCUT2D eigenvalue weighted by Gasteiger charge is 2.21. The van der Waals surface area contributed by atoms with E-state index in [0.717, 1.165) is 16.5 Å². The van der Waals surface area contributed by atoms with Crippen LogP contribution in [0.3, 0.4) is 0 Å². The van der Waals surface area contributed by atoms with E-state index in [1.165, 1.54) is 18.2 Å². The van der Waals surface area contributed by atoms with Crippen molar-refractivity contribution in [2.45, 2.75) is 12.5 Å². The molecule has 0 bridgehead atoms. The van der Waals surface area contributed by atoms with Gasteiger partial charge in [-0.2, -0.15) is 0 Å². The maximum atomic E-state index is 14.1. The average Bonchev–Trinajstić information content (AvgIpc) is 3.17. The van der Waals surface area contributed by atoms with Crippen molar-refractivity contribution in [2.24, 2.45) is 5.73 Å². The summed E-state index contributed by atoms with van der Waals surface area (Å²) in [5.74, 6) is -1.54. The largest absolute Gasteiger partial charge is 0.361 e. The summed E-state index contributed by atoms with van der Waals surface area (Å²) in [7, 11) is 0. The fourth-order valence-electron chi connectivity index (χ4n) is 3.44. The molecule has 0 aliphatic carbocycles. The summed E-state index contributed by atoms with van der Waals surface area (Å²) in [5, 5.41) is 3.73. The Balaban J connectivity index is 1.54. The normalized spacial score (nSPS) is 11.9. The van der Waals surface area contributed by atoms with Crippen LogP contribution >= 0.6 is 0 Å². The monoisotopic (exact) mass is 401 g/mol. The number of amides is 1. The number of hydrogen-bond donors (Lipinski definition) is 3. The molecule has 4 aromatic rings. The minimum Gasteiger partial charge on any atom is -0.361 e. The maximum Gasteiger partial charge on any atom is 0.241 e. The lowest BCUT2D eigenvalue weighted by atomic mass is 10.0. The lowest BCUT2D eigenvalue weighted by Gasteiger charge is -2.14. The molecular formula is C24H20FN3O2. The van der Waals surface area contributed by atoms with Crippen molar-refractivity contribution in [3.8, 4) is 0 Å². The first-order chi connectivity index (χ1) is 14.5. The number of hydrogen-bond acceptors (Lipinski definition) is 3. The molecule has 0 saturated carbocycles. The molecule has 6 heteroatoms. The van der Waals surface area contributed by atoms with Crippen LogP contribution in [0.25, 0.3) is 10.9 Å². The Morgan fingerprint density at radius 1 is 0.933 bits per heavy atom.